The fourth-order valence-electron chi connectivity index (χ4n) is 0.845. The van der Waals surface area contributed by atoms with Gasteiger partial charge >= 0.3 is 5.97 Å². The van der Waals surface area contributed by atoms with Crippen molar-refractivity contribution in [3.8, 4) is 0 Å². The van der Waals surface area contributed by atoms with Gasteiger partial charge in [0.15, 0.2) is 0 Å². The van der Waals surface area contributed by atoms with Crippen LogP contribution in [0.5, 0.6) is 0 Å². The number of hydrogen-bond acceptors (Lipinski definition) is 3. The maximum Gasteiger partial charge on any atom is 0.330 e. The van der Waals surface area contributed by atoms with E-state index in [1.54, 1.807) is 13.8 Å². The van der Waals surface area contributed by atoms with E-state index in [2.05, 4.69) is 11.9 Å². The minimum Gasteiger partial charge on any atom is -0.459 e. The summed E-state index contributed by atoms with van der Waals surface area (Å²) in [5, 5.41) is 2.70. The van der Waals surface area contributed by atoms with Gasteiger partial charge in [0.1, 0.15) is 6.10 Å². The van der Waals surface area contributed by atoms with Gasteiger partial charge in [0.25, 0.3) is 0 Å². The van der Waals surface area contributed by atoms with Gasteiger partial charge in [-0.2, -0.15) is 0 Å². The summed E-state index contributed by atoms with van der Waals surface area (Å²) in [7, 11) is 0. The van der Waals surface area contributed by atoms with Crippen molar-refractivity contribution in [2.75, 3.05) is 6.54 Å². The van der Waals surface area contributed by atoms with Crippen LogP contribution in [0.1, 0.15) is 26.7 Å². The van der Waals surface area contributed by atoms with Crippen molar-refractivity contribution < 1.29 is 14.3 Å². The summed E-state index contributed by atoms with van der Waals surface area (Å²) >= 11 is 0. The number of rotatable bonds is 6. The molecule has 0 heterocycles. The Kier molecular flexibility index (Phi) is 6.45. The van der Waals surface area contributed by atoms with E-state index in [1.165, 1.54) is 0 Å². The molecule has 0 aromatic carbocycles. The standard InChI is InChI=1S/C10H17NO3/c1-4-9(12)11-7-6-8(3)14-10(13)5-2/h5,8H,2,4,6-7H2,1,3H3,(H,11,12). The van der Waals surface area contributed by atoms with Gasteiger partial charge in [0.05, 0.1) is 0 Å². The summed E-state index contributed by atoms with van der Waals surface area (Å²) in [6, 6.07) is 0. The molecule has 4 nitrogen and oxygen atoms in total. The van der Waals surface area contributed by atoms with Gasteiger partial charge < -0.3 is 10.1 Å². The SMILES string of the molecule is C=CC(=O)OC(C)CCNC(=O)CC. The maximum atomic E-state index is 10.8. The van der Waals surface area contributed by atoms with Crippen LogP contribution in [0, 0.1) is 0 Å². The molecule has 0 rings (SSSR count). The summed E-state index contributed by atoms with van der Waals surface area (Å²) < 4.78 is 4.91. The third kappa shape index (κ3) is 6.22. The number of amides is 1. The van der Waals surface area contributed by atoms with Gasteiger partial charge in [-0.15, -0.1) is 0 Å². The Labute approximate surface area is 84.3 Å². The highest BCUT2D eigenvalue weighted by molar-refractivity contribution is 5.81. The highest BCUT2D eigenvalue weighted by Gasteiger charge is 2.06. The van der Waals surface area contributed by atoms with Crippen molar-refractivity contribution in [3.05, 3.63) is 12.7 Å². The average Bonchev–Trinajstić information content (AvgIpc) is 2.17. The quantitative estimate of drug-likeness (QED) is 0.513. The molecule has 80 valence electrons. The number of nitrogens with one attached hydrogen (secondary N) is 1. The van der Waals surface area contributed by atoms with E-state index in [-0.39, 0.29) is 12.0 Å². The summed E-state index contributed by atoms with van der Waals surface area (Å²) in [5.41, 5.74) is 0. The Balaban J connectivity index is 3.53. The van der Waals surface area contributed by atoms with Crippen LogP contribution in [-0.2, 0) is 14.3 Å². The number of carbonyl (C=O) groups excluding carboxylic acids is 2. The molecule has 0 aliphatic carbocycles. The second-order valence-corrected chi connectivity index (χ2v) is 2.94. The fraction of sp³-hybridized carbons (Fsp3) is 0.600. The normalized spacial score (nSPS) is 11.6. The molecule has 1 atom stereocenters. The molecule has 0 spiro atoms. The predicted molar refractivity (Wildman–Crippen MR) is 53.7 cm³/mol. The predicted octanol–water partition coefficient (Wildman–Crippen LogP) is 1.02. The number of carbonyl (C=O) groups is 2. The third-order valence-electron chi connectivity index (χ3n) is 1.68. The molecular formula is C10H17NO3. The van der Waals surface area contributed by atoms with Crippen molar-refractivity contribution in [1.29, 1.82) is 0 Å². The molecule has 0 bridgehead atoms. The second kappa shape index (κ2) is 7.12. The lowest BCUT2D eigenvalue weighted by Crippen LogP contribution is -2.26. The largest absolute Gasteiger partial charge is 0.459 e. The van der Waals surface area contributed by atoms with Crippen LogP contribution >= 0.6 is 0 Å². The first-order valence-electron chi connectivity index (χ1n) is 4.69. The summed E-state index contributed by atoms with van der Waals surface area (Å²) in [4.78, 5) is 21.6. The van der Waals surface area contributed by atoms with Crippen molar-refractivity contribution >= 4 is 11.9 Å². The van der Waals surface area contributed by atoms with Crippen LogP contribution in [0.4, 0.5) is 0 Å². The molecule has 0 aromatic heterocycles. The van der Waals surface area contributed by atoms with Crippen LogP contribution in [0.2, 0.25) is 0 Å². The lowest BCUT2D eigenvalue weighted by molar-refractivity contribution is -0.142. The molecule has 1 unspecified atom stereocenters. The van der Waals surface area contributed by atoms with Crippen LogP contribution in [0.25, 0.3) is 0 Å². The van der Waals surface area contributed by atoms with Gasteiger partial charge in [-0.3, -0.25) is 4.79 Å². The molecule has 0 fully saturated rings. The Bertz CT molecular complexity index is 213. The van der Waals surface area contributed by atoms with Crippen LogP contribution in [0.15, 0.2) is 12.7 Å². The van der Waals surface area contributed by atoms with E-state index in [9.17, 15) is 9.59 Å². The molecule has 0 saturated carbocycles. The molecule has 14 heavy (non-hydrogen) atoms. The van der Waals surface area contributed by atoms with E-state index in [0.29, 0.717) is 19.4 Å². The Morgan fingerprint density at radius 2 is 2.21 bits per heavy atom. The zero-order valence-electron chi connectivity index (χ0n) is 8.71. The monoisotopic (exact) mass is 199 g/mol. The first-order chi connectivity index (χ1) is 6.60. The maximum absolute atomic E-state index is 10.8. The van der Waals surface area contributed by atoms with E-state index in [1.807, 2.05) is 0 Å². The minimum absolute atomic E-state index is 0.00671. The Hall–Kier alpha value is -1.32. The first kappa shape index (κ1) is 12.7. The van der Waals surface area contributed by atoms with E-state index in [4.69, 9.17) is 4.74 Å². The van der Waals surface area contributed by atoms with Gasteiger partial charge in [-0.25, -0.2) is 4.79 Å². The van der Waals surface area contributed by atoms with Gasteiger partial charge in [-0.05, 0) is 6.92 Å². The van der Waals surface area contributed by atoms with Crippen molar-refractivity contribution in [2.45, 2.75) is 32.8 Å². The summed E-state index contributed by atoms with van der Waals surface area (Å²) in [6.45, 7) is 7.38. The first-order valence-corrected chi connectivity index (χ1v) is 4.69. The zero-order chi connectivity index (χ0) is 11.0. The van der Waals surface area contributed by atoms with Crippen molar-refractivity contribution in [3.63, 3.8) is 0 Å². The zero-order valence-corrected chi connectivity index (χ0v) is 8.71. The lowest BCUT2D eigenvalue weighted by atomic mass is 10.3. The van der Waals surface area contributed by atoms with Crippen LogP contribution < -0.4 is 5.32 Å². The molecule has 0 aliphatic rings. The average molecular weight is 199 g/mol. The summed E-state index contributed by atoms with van der Waals surface area (Å²) in [6.07, 6.45) is 2.02. The van der Waals surface area contributed by atoms with Crippen molar-refractivity contribution in [1.82, 2.24) is 5.32 Å². The Morgan fingerprint density at radius 3 is 2.71 bits per heavy atom. The highest BCUT2D eigenvalue weighted by Crippen LogP contribution is 1.97. The highest BCUT2D eigenvalue weighted by atomic mass is 16.5. The molecule has 0 radical (unpaired) electrons. The molecule has 0 aromatic rings. The smallest absolute Gasteiger partial charge is 0.330 e. The molecule has 0 aliphatic heterocycles. The van der Waals surface area contributed by atoms with Crippen LogP contribution in [-0.4, -0.2) is 24.5 Å². The molecule has 4 heteroatoms. The van der Waals surface area contributed by atoms with Gasteiger partial charge in [0, 0.05) is 25.5 Å². The molecule has 0 saturated heterocycles. The topological polar surface area (TPSA) is 55.4 Å². The van der Waals surface area contributed by atoms with Gasteiger partial charge in [-0.1, -0.05) is 13.5 Å². The number of hydrogen-bond donors (Lipinski definition) is 1. The van der Waals surface area contributed by atoms with E-state index >= 15 is 0 Å². The Morgan fingerprint density at radius 1 is 1.57 bits per heavy atom. The second-order valence-electron chi connectivity index (χ2n) is 2.94. The van der Waals surface area contributed by atoms with Crippen LogP contribution in [0.3, 0.4) is 0 Å². The molecular weight excluding hydrogens is 182 g/mol. The third-order valence-corrected chi connectivity index (χ3v) is 1.68. The number of ether oxygens (including phenoxy) is 1. The lowest BCUT2D eigenvalue weighted by Gasteiger charge is -2.11. The fourth-order valence-corrected chi connectivity index (χ4v) is 0.845. The summed E-state index contributed by atoms with van der Waals surface area (Å²) in [5.74, 6) is -0.424. The van der Waals surface area contributed by atoms with Crippen molar-refractivity contribution in [2.24, 2.45) is 0 Å². The van der Waals surface area contributed by atoms with E-state index < -0.39 is 5.97 Å². The molecule has 1 N–H and O–H groups in total. The molecule has 1 amide bonds. The van der Waals surface area contributed by atoms with Gasteiger partial charge in [0.2, 0.25) is 5.91 Å². The number of esters is 1. The minimum atomic E-state index is -0.431. The van der Waals surface area contributed by atoms with E-state index in [0.717, 1.165) is 6.08 Å².